The number of rotatable bonds is 4. The van der Waals surface area contributed by atoms with Crippen LogP contribution in [0.2, 0.25) is 0 Å². The van der Waals surface area contributed by atoms with Crippen molar-refractivity contribution in [2.24, 2.45) is 16.7 Å². The Balaban J connectivity index is 2.34. The first-order valence-electron chi connectivity index (χ1n) is 8.78. The van der Waals surface area contributed by atoms with E-state index in [-0.39, 0.29) is 5.90 Å². The van der Waals surface area contributed by atoms with Gasteiger partial charge in [-0.3, -0.25) is 5.41 Å². The lowest BCUT2D eigenvalue weighted by Crippen LogP contribution is -2.61. The van der Waals surface area contributed by atoms with E-state index in [1.54, 1.807) is 0 Å². The van der Waals surface area contributed by atoms with Crippen LogP contribution in [0.25, 0.3) is 0 Å². The molecule has 2 bridgehead atoms. The zero-order valence-electron chi connectivity index (χ0n) is 14.8. The summed E-state index contributed by atoms with van der Waals surface area (Å²) in [4.78, 5) is 0. The maximum atomic E-state index is 10.2. The number of hydrogen-bond acceptors (Lipinski definition) is 6. The molecule has 1 N–H and O–H groups in total. The van der Waals surface area contributed by atoms with Crippen LogP contribution in [0.3, 0.4) is 0 Å². The number of hydrogen-bond donors (Lipinski definition) is 1. The third kappa shape index (κ3) is 1.84. The highest BCUT2D eigenvalue weighted by Gasteiger charge is 2.79. The fourth-order valence-electron chi connectivity index (χ4n) is 4.53. The van der Waals surface area contributed by atoms with E-state index in [0.29, 0.717) is 24.8 Å². The average Bonchev–Trinajstić information content (AvgIpc) is 2.88. The third-order valence-corrected chi connectivity index (χ3v) is 5.68. The lowest BCUT2D eigenvalue weighted by atomic mass is 9.52. The first-order chi connectivity index (χ1) is 12.5. The van der Waals surface area contributed by atoms with E-state index in [1.165, 1.54) is 0 Å². The number of nitrogens with zero attached hydrogens (tertiary/aromatic N) is 3. The topological polar surface area (TPSA) is 114 Å². The van der Waals surface area contributed by atoms with Gasteiger partial charge in [0.25, 0.3) is 0 Å². The van der Waals surface area contributed by atoms with Crippen molar-refractivity contribution in [2.75, 3.05) is 0 Å². The highest BCUT2D eigenvalue weighted by atomic mass is 16.7. The molecule has 4 atom stereocenters. The predicted molar refractivity (Wildman–Crippen MR) is 92.2 cm³/mol. The van der Waals surface area contributed by atoms with Crippen LogP contribution in [-0.4, -0.2) is 12.0 Å². The van der Waals surface area contributed by atoms with Crippen molar-refractivity contribution in [3.63, 3.8) is 0 Å². The van der Waals surface area contributed by atoms with E-state index in [0.717, 1.165) is 0 Å². The van der Waals surface area contributed by atoms with Gasteiger partial charge in [0.1, 0.15) is 0 Å². The van der Waals surface area contributed by atoms with Crippen molar-refractivity contribution < 1.29 is 9.47 Å². The second kappa shape index (κ2) is 6.13. The smallest absolute Gasteiger partial charge is 0.244 e. The molecule has 2 fully saturated rings. The molecule has 26 heavy (non-hydrogen) atoms. The summed E-state index contributed by atoms with van der Waals surface area (Å²) >= 11 is 0. The Hall–Kier alpha value is -2.88. The Morgan fingerprint density at radius 1 is 1.08 bits per heavy atom. The van der Waals surface area contributed by atoms with Crippen molar-refractivity contribution in [1.29, 1.82) is 21.2 Å². The molecule has 3 rings (SSSR count). The molecule has 132 valence electrons. The Kier molecular flexibility index (Phi) is 4.23. The number of nitriles is 3. The number of nitrogens with one attached hydrogen (secondary N) is 1. The Bertz CT molecular complexity index is 833. The summed E-state index contributed by atoms with van der Waals surface area (Å²) in [6.07, 6.45) is 0.695. The highest BCUT2D eigenvalue weighted by molar-refractivity contribution is 5.89. The SMILES string of the molecule is CCCC1OC2(c3ccccc3)OC(=N)C(C#N)(C2CC)C1(C#N)C#N. The third-order valence-electron chi connectivity index (χ3n) is 5.68. The molecular weight excluding hydrogens is 328 g/mol. The van der Waals surface area contributed by atoms with Crippen LogP contribution in [0, 0.1) is 56.2 Å². The maximum absolute atomic E-state index is 10.2. The lowest BCUT2D eigenvalue weighted by molar-refractivity contribution is -0.290. The van der Waals surface area contributed by atoms with Crippen LogP contribution < -0.4 is 0 Å². The minimum Gasteiger partial charge on any atom is -0.443 e. The van der Waals surface area contributed by atoms with Crippen molar-refractivity contribution in [1.82, 2.24) is 0 Å². The van der Waals surface area contributed by atoms with Crippen LogP contribution in [-0.2, 0) is 15.3 Å². The van der Waals surface area contributed by atoms with E-state index in [9.17, 15) is 15.8 Å². The molecule has 2 aliphatic rings. The van der Waals surface area contributed by atoms with Gasteiger partial charge in [0.05, 0.1) is 30.2 Å². The van der Waals surface area contributed by atoms with Gasteiger partial charge in [0.2, 0.25) is 11.7 Å². The van der Waals surface area contributed by atoms with Crippen molar-refractivity contribution >= 4 is 5.90 Å². The summed E-state index contributed by atoms with van der Waals surface area (Å²) < 4.78 is 12.3. The van der Waals surface area contributed by atoms with Crippen LogP contribution in [0.5, 0.6) is 0 Å². The maximum Gasteiger partial charge on any atom is 0.244 e. The molecule has 0 aliphatic carbocycles. The molecule has 6 nitrogen and oxygen atoms in total. The van der Waals surface area contributed by atoms with Crippen LogP contribution in [0.4, 0.5) is 0 Å². The summed E-state index contributed by atoms with van der Waals surface area (Å²) in [5, 5.41) is 38.6. The minimum atomic E-state index is -1.79. The zero-order chi connectivity index (χ0) is 19.0. The zero-order valence-corrected chi connectivity index (χ0v) is 14.8. The lowest BCUT2D eigenvalue weighted by Gasteiger charge is -2.49. The summed E-state index contributed by atoms with van der Waals surface area (Å²) in [5.74, 6) is -2.32. The number of fused-ring (bicyclic) bond motifs is 2. The fraction of sp³-hybridized carbons (Fsp3) is 0.500. The van der Waals surface area contributed by atoms with Crippen LogP contribution in [0.15, 0.2) is 30.3 Å². The van der Waals surface area contributed by atoms with Crippen LogP contribution in [0.1, 0.15) is 38.7 Å². The van der Waals surface area contributed by atoms with Gasteiger partial charge in [-0.15, -0.1) is 0 Å². The first-order valence-corrected chi connectivity index (χ1v) is 8.78. The van der Waals surface area contributed by atoms with Crippen LogP contribution >= 0.6 is 0 Å². The first kappa shape index (κ1) is 17.9. The average molecular weight is 348 g/mol. The molecule has 0 spiro atoms. The molecule has 1 aromatic carbocycles. The van der Waals surface area contributed by atoms with E-state index in [2.05, 4.69) is 18.2 Å². The molecule has 2 heterocycles. The molecule has 0 aromatic heterocycles. The van der Waals surface area contributed by atoms with E-state index in [1.807, 2.05) is 44.2 Å². The molecular formula is C20H20N4O2. The molecule has 1 aromatic rings. The second-order valence-corrected chi connectivity index (χ2v) is 6.77. The van der Waals surface area contributed by atoms with Gasteiger partial charge in [-0.25, -0.2) is 0 Å². The Labute approximate surface area is 153 Å². The molecule has 6 heteroatoms. The number of ether oxygens (including phenoxy) is 2. The van der Waals surface area contributed by atoms with Crippen molar-refractivity contribution in [2.45, 2.75) is 45.0 Å². The van der Waals surface area contributed by atoms with Gasteiger partial charge < -0.3 is 9.47 Å². The number of benzene rings is 1. The van der Waals surface area contributed by atoms with Crippen molar-refractivity contribution in [3.8, 4) is 18.2 Å². The quantitative estimate of drug-likeness (QED) is 0.892. The van der Waals surface area contributed by atoms with Gasteiger partial charge in [-0.2, -0.15) is 15.8 Å². The van der Waals surface area contributed by atoms with E-state index >= 15 is 0 Å². The van der Waals surface area contributed by atoms with Gasteiger partial charge >= 0.3 is 0 Å². The largest absolute Gasteiger partial charge is 0.443 e. The summed E-state index contributed by atoms with van der Waals surface area (Å²) in [5.41, 5.74) is -2.76. The summed E-state index contributed by atoms with van der Waals surface area (Å²) in [6, 6.07) is 15.5. The fourth-order valence-corrected chi connectivity index (χ4v) is 4.53. The molecule has 2 aliphatic heterocycles. The Morgan fingerprint density at radius 2 is 1.73 bits per heavy atom. The molecule has 2 saturated heterocycles. The normalized spacial score (nSPS) is 34.2. The minimum absolute atomic E-state index is 0.350. The van der Waals surface area contributed by atoms with Gasteiger partial charge in [0, 0.05) is 5.56 Å². The summed E-state index contributed by atoms with van der Waals surface area (Å²) in [7, 11) is 0. The molecule has 4 unspecified atom stereocenters. The monoisotopic (exact) mass is 348 g/mol. The Morgan fingerprint density at radius 3 is 2.23 bits per heavy atom. The van der Waals surface area contributed by atoms with E-state index < -0.39 is 28.6 Å². The van der Waals surface area contributed by atoms with Crippen molar-refractivity contribution in [3.05, 3.63) is 35.9 Å². The predicted octanol–water partition coefficient (Wildman–Crippen LogP) is 3.62. The second-order valence-electron chi connectivity index (χ2n) is 6.77. The standard InChI is InChI=1S/C20H20N4O2/c1-3-8-16-18(11-21,12-22)19(13-23)15(4-2)20(25-16,26-17(19)24)14-9-6-5-7-10-14/h5-7,9-10,15-16,24H,3-4,8H2,1-2H3. The van der Waals surface area contributed by atoms with Gasteiger partial charge in [-0.1, -0.05) is 50.6 Å². The highest BCUT2D eigenvalue weighted by Crippen LogP contribution is 2.66. The van der Waals surface area contributed by atoms with Gasteiger partial charge in [-0.05, 0) is 12.8 Å². The summed E-state index contributed by atoms with van der Waals surface area (Å²) in [6.45, 7) is 3.79. The molecule has 0 saturated carbocycles. The van der Waals surface area contributed by atoms with E-state index in [4.69, 9.17) is 14.9 Å². The molecule has 0 amide bonds. The van der Waals surface area contributed by atoms with Gasteiger partial charge in [0.15, 0.2) is 10.8 Å². The molecule has 0 radical (unpaired) electrons.